The molecule has 1 fully saturated rings. The van der Waals surface area contributed by atoms with Gasteiger partial charge in [-0.1, -0.05) is 13.8 Å². The number of rotatable bonds is 2. The van der Waals surface area contributed by atoms with Gasteiger partial charge in [-0.25, -0.2) is 0 Å². The molecule has 2 nitrogen and oxygen atoms in total. The van der Waals surface area contributed by atoms with E-state index >= 15 is 0 Å². The molecule has 2 rings (SSSR count). The van der Waals surface area contributed by atoms with Crippen LogP contribution in [0.4, 0.5) is 0 Å². The van der Waals surface area contributed by atoms with Crippen molar-refractivity contribution >= 4 is 11.6 Å². The smallest absolute Gasteiger partial charge is 0.193 e. The van der Waals surface area contributed by atoms with Crippen LogP contribution in [-0.2, 0) is 0 Å². The molecule has 2 N–H and O–H groups in total. The van der Waals surface area contributed by atoms with Crippen LogP contribution in [0, 0.1) is 17.8 Å². The molecule has 3 unspecified atom stereocenters. The van der Waals surface area contributed by atoms with Gasteiger partial charge in [-0.15, -0.1) is 0 Å². The number of nitrogens with two attached hydrogens (primary N) is 1. The molecule has 0 spiro atoms. The quantitative estimate of drug-likeness (QED) is 0.850. The minimum atomic E-state index is -0.00213. The van der Waals surface area contributed by atoms with E-state index in [1.54, 1.807) is 6.07 Å². The van der Waals surface area contributed by atoms with Gasteiger partial charge in [0.05, 0.1) is 6.04 Å². The lowest BCUT2D eigenvalue weighted by Crippen LogP contribution is -2.29. The second kappa shape index (κ2) is 4.80. The predicted molar refractivity (Wildman–Crippen MR) is 66.3 cm³/mol. The molecular weight excluding hydrogens is 222 g/mol. The highest BCUT2D eigenvalue weighted by Crippen LogP contribution is 2.39. The van der Waals surface area contributed by atoms with E-state index < -0.39 is 0 Å². The maximum absolute atomic E-state index is 6.26. The zero-order valence-corrected chi connectivity index (χ0v) is 10.7. The van der Waals surface area contributed by atoms with Gasteiger partial charge in [-0.3, -0.25) is 0 Å². The lowest BCUT2D eigenvalue weighted by molar-refractivity contribution is 0.183. The van der Waals surface area contributed by atoms with E-state index in [1.165, 1.54) is 19.3 Å². The third kappa shape index (κ3) is 2.61. The molecule has 0 aliphatic heterocycles. The van der Waals surface area contributed by atoms with Crippen molar-refractivity contribution in [3.63, 3.8) is 0 Å². The monoisotopic (exact) mass is 241 g/mol. The summed E-state index contributed by atoms with van der Waals surface area (Å²) in [5, 5.41) is 0.433. The summed E-state index contributed by atoms with van der Waals surface area (Å²) in [5.74, 6) is 2.90. The number of hydrogen-bond donors (Lipinski definition) is 1. The van der Waals surface area contributed by atoms with Crippen molar-refractivity contribution in [1.82, 2.24) is 0 Å². The van der Waals surface area contributed by atoms with Crippen molar-refractivity contribution in [1.29, 1.82) is 0 Å². The van der Waals surface area contributed by atoms with Gasteiger partial charge in [-0.2, -0.15) is 0 Å². The molecule has 3 atom stereocenters. The van der Waals surface area contributed by atoms with Crippen molar-refractivity contribution in [3.8, 4) is 0 Å². The average molecular weight is 242 g/mol. The van der Waals surface area contributed by atoms with Gasteiger partial charge in [0.2, 0.25) is 0 Å². The summed E-state index contributed by atoms with van der Waals surface area (Å²) < 4.78 is 5.41. The highest BCUT2D eigenvalue weighted by atomic mass is 35.5. The van der Waals surface area contributed by atoms with Crippen LogP contribution in [0.15, 0.2) is 16.5 Å². The molecule has 1 saturated carbocycles. The Balaban J connectivity index is 2.06. The largest absolute Gasteiger partial charge is 0.448 e. The second-order valence-corrected chi connectivity index (χ2v) is 5.72. The molecule has 3 heteroatoms. The Kier molecular flexibility index (Phi) is 3.60. The molecule has 0 amide bonds. The fourth-order valence-electron chi connectivity index (χ4n) is 3.04. The summed E-state index contributed by atoms with van der Waals surface area (Å²) in [6, 6.07) is 3.67. The molecule has 1 heterocycles. The predicted octanol–water partition coefficient (Wildman–Crippen LogP) is 4.01. The maximum atomic E-state index is 6.26. The fourth-order valence-corrected chi connectivity index (χ4v) is 3.19. The van der Waals surface area contributed by atoms with Crippen LogP contribution in [0.1, 0.15) is 44.9 Å². The van der Waals surface area contributed by atoms with E-state index in [4.69, 9.17) is 21.8 Å². The molecule has 0 saturated heterocycles. The average Bonchev–Trinajstić information content (AvgIpc) is 2.62. The number of halogens is 1. The SMILES string of the molecule is CC1CC(C)CC(C(N)c2ccc(Cl)o2)C1. The van der Waals surface area contributed by atoms with Crippen molar-refractivity contribution in [3.05, 3.63) is 23.1 Å². The van der Waals surface area contributed by atoms with Gasteiger partial charge >= 0.3 is 0 Å². The summed E-state index contributed by atoms with van der Waals surface area (Å²) in [5.41, 5.74) is 6.26. The minimum Gasteiger partial charge on any atom is -0.448 e. The van der Waals surface area contributed by atoms with Crippen LogP contribution >= 0.6 is 11.6 Å². The second-order valence-electron chi connectivity index (χ2n) is 5.35. The molecule has 0 bridgehead atoms. The maximum Gasteiger partial charge on any atom is 0.193 e. The fraction of sp³-hybridized carbons (Fsp3) is 0.692. The van der Waals surface area contributed by atoms with Crippen molar-refractivity contribution < 1.29 is 4.42 Å². The van der Waals surface area contributed by atoms with Crippen molar-refractivity contribution in [2.75, 3.05) is 0 Å². The van der Waals surface area contributed by atoms with Crippen LogP contribution in [0.25, 0.3) is 0 Å². The molecule has 1 aromatic rings. The third-order valence-corrected chi connectivity index (χ3v) is 3.85. The summed E-state index contributed by atoms with van der Waals surface area (Å²) in [6.07, 6.45) is 3.72. The van der Waals surface area contributed by atoms with E-state index in [9.17, 15) is 0 Å². The lowest BCUT2D eigenvalue weighted by Gasteiger charge is -2.34. The molecule has 16 heavy (non-hydrogen) atoms. The molecule has 1 aromatic heterocycles. The topological polar surface area (TPSA) is 39.2 Å². The van der Waals surface area contributed by atoms with Crippen LogP contribution in [0.2, 0.25) is 5.22 Å². The van der Waals surface area contributed by atoms with Crippen LogP contribution in [0.5, 0.6) is 0 Å². The first-order valence-electron chi connectivity index (χ1n) is 6.07. The summed E-state index contributed by atoms with van der Waals surface area (Å²) in [7, 11) is 0. The van der Waals surface area contributed by atoms with Crippen molar-refractivity contribution in [2.24, 2.45) is 23.5 Å². The molecular formula is C13H20ClNO. The lowest BCUT2D eigenvalue weighted by atomic mass is 9.73. The Morgan fingerprint density at radius 1 is 1.25 bits per heavy atom. The van der Waals surface area contributed by atoms with E-state index in [2.05, 4.69) is 13.8 Å². The number of furan rings is 1. The van der Waals surface area contributed by atoms with Gasteiger partial charge in [0.1, 0.15) is 5.76 Å². The Hall–Kier alpha value is -0.470. The van der Waals surface area contributed by atoms with Gasteiger partial charge in [0, 0.05) is 0 Å². The van der Waals surface area contributed by atoms with Gasteiger partial charge in [0.25, 0.3) is 0 Å². The molecule has 90 valence electrons. The van der Waals surface area contributed by atoms with E-state index in [-0.39, 0.29) is 6.04 Å². The van der Waals surface area contributed by atoms with Crippen LogP contribution < -0.4 is 5.73 Å². The first kappa shape index (κ1) is 12.0. The Morgan fingerprint density at radius 3 is 2.38 bits per heavy atom. The standard InChI is InChI=1S/C13H20ClNO/c1-8-5-9(2)7-10(6-8)13(15)11-3-4-12(14)16-11/h3-4,8-10,13H,5-7,15H2,1-2H3. The van der Waals surface area contributed by atoms with Gasteiger partial charge < -0.3 is 10.2 Å². The molecule has 1 aliphatic rings. The Labute approximate surface area is 102 Å². The minimum absolute atomic E-state index is 0.00213. The van der Waals surface area contributed by atoms with E-state index in [0.29, 0.717) is 11.1 Å². The summed E-state index contributed by atoms with van der Waals surface area (Å²) >= 11 is 5.78. The van der Waals surface area contributed by atoms with Crippen LogP contribution in [-0.4, -0.2) is 0 Å². The molecule has 1 aliphatic carbocycles. The summed E-state index contributed by atoms with van der Waals surface area (Å²) in [4.78, 5) is 0. The van der Waals surface area contributed by atoms with Crippen molar-refractivity contribution in [2.45, 2.75) is 39.2 Å². The first-order valence-corrected chi connectivity index (χ1v) is 6.45. The summed E-state index contributed by atoms with van der Waals surface area (Å²) in [6.45, 7) is 4.62. The Bertz CT molecular complexity index is 339. The van der Waals surface area contributed by atoms with Gasteiger partial charge in [0.15, 0.2) is 5.22 Å². The van der Waals surface area contributed by atoms with Crippen LogP contribution in [0.3, 0.4) is 0 Å². The third-order valence-electron chi connectivity index (χ3n) is 3.65. The molecule has 0 radical (unpaired) electrons. The zero-order chi connectivity index (χ0) is 11.7. The van der Waals surface area contributed by atoms with Gasteiger partial charge in [-0.05, 0) is 60.7 Å². The first-order chi connectivity index (χ1) is 7.56. The van der Waals surface area contributed by atoms with E-state index in [1.807, 2.05) is 6.07 Å². The number of hydrogen-bond acceptors (Lipinski definition) is 2. The highest BCUT2D eigenvalue weighted by Gasteiger charge is 2.30. The highest BCUT2D eigenvalue weighted by molar-refractivity contribution is 6.28. The van der Waals surface area contributed by atoms with E-state index in [0.717, 1.165) is 17.6 Å². The normalized spacial score (nSPS) is 32.6. The Morgan fingerprint density at radius 2 is 1.88 bits per heavy atom. The zero-order valence-electron chi connectivity index (χ0n) is 9.95. The molecule has 0 aromatic carbocycles.